The van der Waals surface area contributed by atoms with Crippen molar-refractivity contribution in [2.24, 2.45) is 0 Å². The Bertz CT molecular complexity index is 1050. The summed E-state index contributed by atoms with van der Waals surface area (Å²) in [4.78, 5) is 24.1. The SMILES string of the molecule is O=C(Nc1nc2cccc(NC3CCCCC3)n2n1)c1ccc(CCN2CCCC2)nc1. The summed E-state index contributed by atoms with van der Waals surface area (Å²) in [6.45, 7) is 3.40. The van der Waals surface area contributed by atoms with Gasteiger partial charge in [-0.1, -0.05) is 25.3 Å². The molecule has 0 unspecified atom stereocenters. The van der Waals surface area contributed by atoms with Crippen molar-refractivity contribution < 1.29 is 4.79 Å². The number of fused-ring (bicyclic) bond motifs is 1. The summed E-state index contributed by atoms with van der Waals surface area (Å²) in [6.07, 6.45) is 11.3. The number of pyridine rings is 2. The van der Waals surface area contributed by atoms with Crippen molar-refractivity contribution in [3.63, 3.8) is 0 Å². The van der Waals surface area contributed by atoms with Crippen molar-refractivity contribution in [1.29, 1.82) is 0 Å². The first-order valence-electron chi connectivity index (χ1n) is 11.9. The van der Waals surface area contributed by atoms with Crippen LogP contribution in [-0.2, 0) is 6.42 Å². The van der Waals surface area contributed by atoms with Gasteiger partial charge in [0.05, 0.1) is 5.56 Å². The molecule has 0 aromatic carbocycles. The van der Waals surface area contributed by atoms with Gasteiger partial charge in [-0.05, 0) is 63.0 Å². The fraction of sp³-hybridized carbons (Fsp3) is 0.500. The first-order valence-corrected chi connectivity index (χ1v) is 11.9. The van der Waals surface area contributed by atoms with E-state index in [1.54, 1.807) is 10.7 Å². The quantitative estimate of drug-likeness (QED) is 0.590. The zero-order valence-electron chi connectivity index (χ0n) is 18.5. The molecule has 2 aliphatic rings. The molecule has 1 saturated carbocycles. The first kappa shape index (κ1) is 20.9. The van der Waals surface area contributed by atoms with E-state index in [4.69, 9.17) is 0 Å². The van der Waals surface area contributed by atoms with Gasteiger partial charge < -0.3 is 10.2 Å². The Kier molecular flexibility index (Phi) is 6.29. The van der Waals surface area contributed by atoms with Gasteiger partial charge in [-0.2, -0.15) is 9.50 Å². The van der Waals surface area contributed by atoms with E-state index >= 15 is 0 Å². The molecule has 2 N–H and O–H groups in total. The molecule has 2 fully saturated rings. The molecule has 4 heterocycles. The van der Waals surface area contributed by atoms with Crippen molar-refractivity contribution in [3.05, 3.63) is 47.8 Å². The summed E-state index contributed by atoms with van der Waals surface area (Å²) in [5.41, 5.74) is 2.23. The number of amides is 1. The number of nitrogens with zero attached hydrogens (tertiary/aromatic N) is 5. The molecule has 1 aliphatic carbocycles. The number of nitrogens with one attached hydrogen (secondary N) is 2. The van der Waals surface area contributed by atoms with Gasteiger partial charge in [-0.3, -0.25) is 15.1 Å². The Morgan fingerprint density at radius 2 is 1.88 bits per heavy atom. The van der Waals surface area contributed by atoms with Crippen molar-refractivity contribution in [2.75, 3.05) is 30.3 Å². The van der Waals surface area contributed by atoms with Gasteiger partial charge >= 0.3 is 0 Å². The number of rotatable bonds is 7. The van der Waals surface area contributed by atoms with E-state index in [0.717, 1.165) is 24.5 Å². The highest BCUT2D eigenvalue weighted by Crippen LogP contribution is 2.22. The van der Waals surface area contributed by atoms with E-state index in [-0.39, 0.29) is 5.91 Å². The molecule has 0 spiro atoms. The second-order valence-corrected chi connectivity index (χ2v) is 8.89. The highest BCUT2D eigenvalue weighted by molar-refractivity contribution is 6.03. The van der Waals surface area contributed by atoms with E-state index in [1.165, 1.54) is 58.0 Å². The Morgan fingerprint density at radius 1 is 1.03 bits per heavy atom. The molecule has 0 bridgehead atoms. The maximum absolute atomic E-state index is 12.7. The minimum Gasteiger partial charge on any atom is -0.367 e. The summed E-state index contributed by atoms with van der Waals surface area (Å²) in [5.74, 6) is 0.957. The molecule has 8 heteroatoms. The van der Waals surface area contributed by atoms with Crippen LogP contribution in [0.15, 0.2) is 36.5 Å². The van der Waals surface area contributed by atoms with E-state index in [1.807, 2.05) is 30.3 Å². The smallest absolute Gasteiger partial charge is 0.259 e. The lowest BCUT2D eigenvalue weighted by Gasteiger charge is -2.23. The van der Waals surface area contributed by atoms with Crippen molar-refractivity contribution >= 4 is 23.3 Å². The molecule has 1 saturated heterocycles. The third-order valence-corrected chi connectivity index (χ3v) is 6.51. The van der Waals surface area contributed by atoms with Crippen LogP contribution in [0.5, 0.6) is 0 Å². The summed E-state index contributed by atoms with van der Waals surface area (Å²) in [6, 6.07) is 10.1. The van der Waals surface area contributed by atoms with Crippen LogP contribution in [-0.4, -0.2) is 56.1 Å². The fourth-order valence-corrected chi connectivity index (χ4v) is 4.68. The zero-order chi connectivity index (χ0) is 21.8. The molecule has 32 heavy (non-hydrogen) atoms. The second-order valence-electron chi connectivity index (χ2n) is 8.89. The topological polar surface area (TPSA) is 87.5 Å². The largest absolute Gasteiger partial charge is 0.367 e. The molecule has 3 aromatic rings. The minimum atomic E-state index is -0.249. The van der Waals surface area contributed by atoms with E-state index in [0.29, 0.717) is 23.2 Å². The predicted molar refractivity (Wildman–Crippen MR) is 125 cm³/mol. The van der Waals surface area contributed by atoms with Gasteiger partial charge in [0.15, 0.2) is 5.65 Å². The maximum Gasteiger partial charge on any atom is 0.259 e. The summed E-state index contributed by atoms with van der Waals surface area (Å²) >= 11 is 0. The molecule has 8 nitrogen and oxygen atoms in total. The lowest BCUT2D eigenvalue weighted by atomic mass is 9.95. The molecule has 0 radical (unpaired) electrons. The maximum atomic E-state index is 12.7. The Morgan fingerprint density at radius 3 is 2.66 bits per heavy atom. The number of anilines is 2. The standard InChI is InChI=1S/C24H31N7O/c32-23(18-11-12-19(25-17-18)13-16-30-14-4-5-15-30)28-24-27-22-10-6-9-21(31(22)29-24)26-20-7-2-1-3-8-20/h6,9-12,17,20,26H,1-5,7-8,13-16H2,(H,28,29,32). The van der Waals surface area contributed by atoms with Gasteiger partial charge in [0.25, 0.3) is 5.91 Å². The summed E-state index contributed by atoms with van der Waals surface area (Å²) in [5, 5.41) is 10.9. The van der Waals surface area contributed by atoms with E-state index < -0.39 is 0 Å². The molecule has 1 amide bonds. The average molecular weight is 434 g/mol. The average Bonchev–Trinajstić information content (AvgIpc) is 3.49. The molecule has 1 aliphatic heterocycles. The molecular weight excluding hydrogens is 402 g/mol. The monoisotopic (exact) mass is 433 g/mol. The van der Waals surface area contributed by atoms with Crippen LogP contribution in [0, 0.1) is 0 Å². The van der Waals surface area contributed by atoms with Gasteiger partial charge in [-0.15, -0.1) is 5.10 Å². The number of carbonyl (C=O) groups excluding carboxylic acids is 1. The Labute approximate surface area is 188 Å². The normalized spacial score (nSPS) is 17.6. The Hall–Kier alpha value is -3.00. The van der Waals surface area contributed by atoms with Crippen molar-refractivity contribution in [1.82, 2.24) is 24.5 Å². The van der Waals surface area contributed by atoms with Crippen LogP contribution in [0.2, 0.25) is 0 Å². The lowest BCUT2D eigenvalue weighted by molar-refractivity contribution is 0.102. The second kappa shape index (κ2) is 9.65. The number of carbonyl (C=O) groups is 1. The molecular formula is C24H31N7O. The number of hydrogen-bond donors (Lipinski definition) is 2. The van der Waals surface area contributed by atoms with Gasteiger partial charge in [0, 0.05) is 30.9 Å². The van der Waals surface area contributed by atoms with Crippen LogP contribution in [0.3, 0.4) is 0 Å². The summed E-state index contributed by atoms with van der Waals surface area (Å²) < 4.78 is 1.77. The third-order valence-electron chi connectivity index (χ3n) is 6.51. The van der Waals surface area contributed by atoms with Crippen LogP contribution in [0.4, 0.5) is 11.8 Å². The fourth-order valence-electron chi connectivity index (χ4n) is 4.68. The molecule has 168 valence electrons. The van der Waals surface area contributed by atoms with E-state index in [9.17, 15) is 4.79 Å². The highest BCUT2D eigenvalue weighted by atomic mass is 16.1. The number of hydrogen-bond acceptors (Lipinski definition) is 6. The number of aromatic nitrogens is 4. The minimum absolute atomic E-state index is 0.249. The van der Waals surface area contributed by atoms with E-state index in [2.05, 4.69) is 30.6 Å². The van der Waals surface area contributed by atoms with Crippen molar-refractivity contribution in [2.45, 2.75) is 57.4 Å². The molecule has 0 atom stereocenters. The lowest BCUT2D eigenvalue weighted by Crippen LogP contribution is -2.23. The predicted octanol–water partition coefficient (Wildman–Crippen LogP) is 3.76. The van der Waals surface area contributed by atoms with Crippen LogP contribution < -0.4 is 10.6 Å². The van der Waals surface area contributed by atoms with Gasteiger partial charge in [0.1, 0.15) is 5.82 Å². The molecule has 3 aromatic heterocycles. The highest BCUT2D eigenvalue weighted by Gasteiger charge is 2.17. The van der Waals surface area contributed by atoms with Crippen LogP contribution >= 0.6 is 0 Å². The Balaban J connectivity index is 1.22. The van der Waals surface area contributed by atoms with Crippen LogP contribution in [0.25, 0.3) is 5.65 Å². The van der Waals surface area contributed by atoms with Gasteiger partial charge in [-0.25, -0.2) is 0 Å². The first-order chi connectivity index (χ1) is 15.7. The third kappa shape index (κ3) is 4.91. The zero-order valence-corrected chi connectivity index (χ0v) is 18.5. The summed E-state index contributed by atoms with van der Waals surface area (Å²) in [7, 11) is 0. The number of likely N-dealkylation sites (tertiary alicyclic amines) is 1. The van der Waals surface area contributed by atoms with Crippen LogP contribution in [0.1, 0.15) is 61.0 Å². The van der Waals surface area contributed by atoms with Gasteiger partial charge in [0.2, 0.25) is 5.95 Å². The van der Waals surface area contributed by atoms with Crippen molar-refractivity contribution in [3.8, 4) is 0 Å². The molecule has 5 rings (SSSR count).